The third-order valence-electron chi connectivity index (χ3n) is 4.24. The summed E-state index contributed by atoms with van der Waals surface area (Å²) < 4.78 is 1.93. The van der Waals surface area contributed by atoms with Crippen molar-refractivity contribution in [1.82, 2.24) is 19.7 Å². The minimum atomic E-state index is -0.949. The number of carboxylic acid groups (broad SMARTS) is 1. The molecule has 0 atom stereocenters. The molecule has 0 saturated heterocycles. The van der Waals surface area contributed by atoms with Crippen LogP contribution in [0.4, 0.5) is 0 Å². The van der Waals surface area contributed by atoms with Crippen LogP contribution in [0.15, 0.2) is 29.7 Å². The van der Waals surface area contributed by atoms with Crippen molar-refractivity contribution >= 4 is 23.6 Å². The molecule has 7 nitrogen and oxygen atoms in total. The molecule has 1 aromatic carbocycles. The average Bonchev–Trinajstić information content (AvgIpc) is 3.07. The number of carbonyl (C=O) groups excluding carboxylic acids is 1. The lowest BCUT2D eigenvalue weighted by atomic mass is 9.97. The quantitative estimate of drug-likeness (QED) is 0.823. The molecule has 0 bridgehead atoms. The van der Waals surface area contributed by atoms with Gasteiger partial charge < -0.3 is 14.6 Å². The van der Waals surface area contributed by atoms with Gasteiger partial charge in [-0.1, -0.05) is 17.8 Å². The van der Waals surface area contributed by atoms with Crippen LogP contribution in [0.3, 0.4) is 0 Å². The topological polar surface area (TPSA) is 88.3 Å². The molecule has 25 heavy (non-hydrogen) atoms. The summed E-state index contributed by atoms with van der Waals surface area (Å²) in [5.41, 5.74) is 2.28. The van der Waals surface area contributed by atoms with E-state index in [0.29, 0.717) is 18.8 Å². The van der Waals surface area contributed by atoms with Crippen molar-refractivity contribution in [1.29, 1.82) is 0 Å². The van der Waals surface area contributed by atoms with Gasteiger partial charge in [-0.2, -0.15) is 0 Å². The number of amides is 1. The molecule has 0 unspecified atom stereocenters. The first-order valence-electron chi connectivity index (χ1n) is 8.11. The molecule has 3 rings (SSSR count). The Labute approximate surface area is 150 Å². The fraction of sp³-hybridized carbons (Fsp3) is 0.412. The third kappa shape index (κ3) is 3.84. The molecule has 1 N–H and O–H groups in total. The Bertz CT molecular complexity index is 803. The van der Waals surface area contributed by atoms with E-state index in [4.69, 9.17) is 5.11 Å². The van der Waals surface area contributed by atoms with Crippen LogP contribution in [0, 0.1) is 0 Å². The van der Waals surface area contributed by atoms with Crippen molar-refractivity contribution in [2.24, 2.45) is 0 Å². The predicted octanol–water partition coefficient (Wildman–Crippen LogP) is 2.23. The van der Waals surface area contributed by atoms with Crippen LogP contribution in [0.5, 0.6) is 0 Å². The predicted molar refractivity (Wildman–Crippen MR) is 93.7 cm³/mol. The first kappa shape index (κ1) is 17.5. The summed E-state index contributed by atoms with van der Waals surface area (Å²) in [6.45, 7) is 5.18. The molecular weight excluding hydrogens is 340 g/mol. The maximum atomic E-state index is 12.5. The molecule has 1 aliphatic heterocycles. The van der Waals surface area contributed by atoms with Gasteiger partial charge in [0.05, 0.1) is 11.3 Å². The second-order valence-corrected chi connectivity index (χ2v) is 7.20. The van der Waals surface area contributed by atoms with E-state index in [1.54, 1.807) is 23.4 Å². The number of nitrogens with zero attached hydrogens (tertiary/aromatic N) is 4. The molecule has 1 amide bonds. The standard InChI is InChI=1S/C17H20N4O3S/c1-11(2)21-10-18-19-17(21)25-9-15(22)20-6-5-12-3-4-13(16(23)24)7-14(12)8-20/h3-4,7,10-11H,5-6,8-9H2,1-2H3,(H,23,24). The van der Waals surface area contributed by atoms with E-state index in [2.05, 4.69) is 10.2 Å². The van der Waals surface area contributed by atoms with E-state index < -0.39 is 5.97 Å². The monoisotopic (exact) mass is 360 g/mol. The van der Waals surface area contributed by atoms with Crippen LogP contribution < -0.4 is 0 Å². The Balaban J connectivity index is 1.65. The van der Waals surface area contributed by atoms with Crippen molar-refractivity contribution < 1.29 is 14.7 Å². The van der Waals surface area contributed by atoms with Crippen molar-refractivity contribution in [2.45, 2.75) is 38.0 Å². The number of hydrogen-bond acceptors (Lipinski definition) is 5. The fourth-order valence-electron chi connectivity index (χ4n) is 2.81. The van der Waals surface area contributed by atoms with E-state index in [-0.39, 0.29) is 17.5 Å². The van der Waals surface area contributed by atoms with Gasteiger partial charge in [0.25, 0.3) is 0 Å². The second kappa shape index (κ2) is 7.26. The van der Waals surface area contributed by atoms with Crippen molar-refractivity contribution in [3.05, 3.63) is 41.2 Å². The van der Waals surface area contributed by atoms with Gasteiger partial charge in [-0.25, -0.2) is 4.79 Å². The number of carboxylic acids is 1. The van der Waals surface area contributed by atoms with Crippen molar-refractivity contribution in [2.75, 3.05) is 12.3 Å². The Morgan fingerprint density at radius 3 is 2.84 bits per heavy atom. The fourth-order valence-corrected chi connectivity index (χ4v) is 3.76. The highest BCUT2D eigenvalue weighted by atomic mass is 32.2. The zero-order valence-electron chi connectivity index (χ0n) is 14.2. The Hall–Kier alpha value is -2.35. The van der Waals surface area contributed by atoms with Crippen molar-refractivity contribution in [3.63, 3.8) is 0 Å². The molecule has 2 heterocycles. The summed E-state index contributed by atoms with van der Waals surface area (Å²) in [6, 6.07) is 5.37. The second-order valence-electron chi connectivity index (χ2n) is 6.26. The van der Waals surface area contributed by atoms with Gasteiger partial charge in [0.1, 0.15) is 6.33 Å². The first-order chi connectivity index (χ1) is 12.0. The molecule has 1 aromatic heterocycles. The lowest BCUT2D eigenvalue weighted by Gasteiger charge is -2.29. The number of benzene rings is 1. The summed E-state index contributed by atoms with van der Waals surface area (Å²) in [4.78, 5) is 25.4. The Morgan fingerprint density at radius 1 is 1.32 bits per heavy atom. The third-order valence-corrected chi connectivity index (χ3v) is 5.18. The van der Waals surface area contributed by atoms with Gasteiger partial charge in [0.15, 0.2) is 5.16 Å². The van der Waals surface area contributed by atoms with Gasteiger partial charge in [0, 0.05) is 19.1 Å². The number of thioether (sulfide) groups is 1. The number of rotatable bonds is 5. The summed E-state index contributed by atoms with van der Waals surface area (Å²) >= 11 is 1.38. The Morgan fingerprint density at radius 2 is 2.12 bits per heavy atom. The number of carbonyl (C=O) groups is 2. The number of aromatic nitrogens is 3. The molecule has 0 aliphatic carbocycles. The highest BCUT2D eigenvalue weighted by Gasteiger charge is 2.22. The minimum Gasteiger partial charge on any atom is -0.478 e. The van der Waals surface area contributed by atoms with Crippen LogP contribution in [0.1, 0.15) is 41.4 Å². The molecule has 132 valence electrons. The minimum absolute atomic E-state index is 0.0229. The highest BCUT2D eigenvalue weighted by Crippen LogP contribution is 2.23. The zero-order chi connectivity index (χ0) is 18.0. The molecule has 2 aromatic rings. The van der Waals surface area contributed by atoms with Crippen molar-refractivity contribution in [3.8, 4) is 0 Å². The lowest BCUT2D eigenvalue weighted by Crippen LogP contribution is -2.37. The summed E-state index contributed by atoms with van der Waals surface area (Å²) in [5.74, 6) is -0.635. The first-order valence-corrected chi connectivity index (χ1v) is 9.09. The molecule has 0 saturated carbocycles. The molecule has 0 fully saturated rings. The van der Waals surface area contributed by atoms with E-state index in [1.807, 2.05) is 24.5 Å². The maximum Gasteiger partial charge on any atom is 0.335 e. The highest BCUT2D eigenvalue weighted by molar-refractivity contribution is 7.99. The average molecular weight is 360 g/mol. The molecule has 8 heteroatoms. The summed E-state index contributed by atoms with van der Waals surface area (Å²) in [7, 11) is 0. The largest absolute Gasteiger partial charge is 0.478 e. The molecular formula is C17H20N4O3S. The van der Waals surface area contributed by atoms with Gasteiger partial charge >= 0.3 is 5.97 Å². The SMILES string of the molecule is CC(C)n1cnnc1SCC(=O)N1CCc2ccc(C(=O)O)cc2C1. The van der Waals surface area contributed by atoms with E-state index in [9.17, 15) is 9.59 Å². The summed E-state index contributed by atoms with van der Waals surface area (Å²) in [6.07, 6.45) is 2.41. The van der Waals surface area contributed by atoms with Gasteiger partial charge in [-0.3, -0.25) is 4.79 Å². The van der Waals surface area contributed by atoms with Gasteiger partial charge in [-0.15, -0.1) is 10.2 Å². The molecule has 1 aliphatic rings. The van der Waals surface area contributed by atoms with E-state index in [0.717, 1.165) is 22.7 Å². The van der Waals surface area contributed by atoms with Crippen LogP contribution in [-0.4, -0.2) is 48.9 Å². The number of aromatic carboxylic acids is 1. The maximum absolute atomic E-state index is 12.5. The molecule has 0 spiro atoms. The normalized spacial score (nSPS) is 13.8. The van der Waals surface area contributed by atoms with Crippen LogP contribution in [-0.2, 0) is 17.8 Å². The van der Waals surface area contributed by atoms with E-state index >= 15 is 0 Å². The molecule has 0 radical (unpaired) electrons. The Kier molecular flexibility index (Phi) is 5.08. The summed E-state index contributed by atoms with van der Waals surface area (Å²) in [5, 5.41) is 17.8. The van der Waals surface area contributed by atoms with Crippen LogP contribution in [0.2, 0.25) is 0 Å². The van der Waals surface area contributed by atoms with Crippen LogP contribution in [0.25, 0.3) is 0 Å². The van der Waals surface area contributed by atoms with Gasteiger partial charge in [-0.05, 0) is 43.5 Å². The number of fused-ring (bicyclic) bond motifs is 1. The number of hydrogen-bond donors (Lipinski definition) is 1. The zero-order valence-corrected chi connectivity index (χ0v) is 15.0. The van der Waals surface area contributed by atoms with Crippen LogP contribution >= 0.6 is 11.8 Å². The van der Waals surface area contributed by atoms with E-state index in [1.165, 1.54) is 11.8 Å². The smallest absolute Gasteiger partial charge is 0.335 e. The van der Waals surface area contributed by atoms with Gasteiger partial charge in [0.2, 0.25) is 5.91 Å². The lowest BCUT2D eigenvalue weighted by molar-refractivity contribution is -0.129.